The summed E-state index contributed by atoms with van der Waals surface area (Å²) in [4.78, 5) is 31.4. The van der Waals surface area contributed by atoms with Crippen LogP contribution in [0.2, 0.25) is 10.0 Å². The van der Waals surface area contributed by atoms with Crippen molar-refractivity contribution >= 4 is 40.7 Å². The third kappa shape index (κ3) is 4.19. The van der Waals surface area contributed by atoms with E-state index in [-0.39, 0.29) is 35.9 Å². The maximum atomic E-state index is 13.4. The van der Waals surface area contributed by atoms with Gasteiger partial charge in [0.05, 0.1) is 22.6 Å². The van der Waals surface area contributed by atoms with E-state index < -0.39 is 12.0 Å². The van der Waals surface area contributed by atoms with Gasteiger partial charge < -0.3 is 14.7 Å². The van der Waals surface area contributed by atoms with Crippen molar-refractivity contribution in [3.8, 4) is 0 Å². The van der Waals surface area contributed by atoms with E-state index in [9.17, 15) is 14.7 Å². The van der Waals surface area contributed by atoms with Gasteiger partial charge in [-0.05, 0) is 38.0 Å². The number of carbonyl (C=O) groups excluding carboxylic acids is 2. The summed E-state index contributed by atoms with van der Waals surface area (Å²) in [6, 6.07) is 1.72. The first-order chi connectivity index (χ1) is 14.2. The van der Waals surface area contributed by atoms with Crippen molar-refractivity contribution in [3.63, 3.8) is 0 Å². The zero-order valence-electron chi connectivity index (χ0n) is 17.5. The predicted molar refractivity (Wildman–Crippen MR) is 117 cm³/mol. The van der Waals surface area contributed by atoms with Gasteiger partial charge in [0.2, 0.25) is 0 Å². The van der Waals surface area contributed by atoms with Crippen molar-refractivity contribution in [3.05, 3.63) is 44.5 Å². The SMILES string of the molecule is COC(c1cc(Cl)c2c(c1Cl)C(=O)N(CC1C(=O)N=C(C)C=C1C)CC2)[C@H](C)CO. The number of hydrogen-bond acceptors (Lipinski definition) is 4. The molecule has 2 aliphatic rings. The highest BCUT2D eigenvalue weighted by Crippen LogP contribution is 2.40. The van der Waals surface area contributed by atoms with Crippen LogP contribution in [0.5, 0.6) is 0 Å². The predicted octanol–water partition coefficient (Wildman–Crippen LogP) is 3.87. The first-order valence-electron chi connectivity index (χ1n) is 9.90. The molecule has 1 aromatic carbocycles. The number of fused-ring (bicyclic) bond motifs is 1. The Balaban J connectivity index is 1.96. The van der Waals surface area contributed by atoms with Gasteiger partial charge in [0.1, 0.15) is 0 Å². The summed E-state index contributed by atoms with van der Waals surface area (Å²) < 4.78 is 5.54. The number of methoxy groups -OCH3 is 1. The Labute approximate surface area is 186 Å². The molecule has 3 rings (SSSR count). The van der Waals surface area contributed by atoms with E-state index in [0.717, 1.165) is 5.57 Å². The molecule has 2 heterocycles. The molecule has 2 unspecified atom stereocenters. The highest BCUT2D eigenvalue weighted by atomic mass is 35.5. The van der Waals surface area contributed by atoms with Gasteiger partial charge >= 0.3 is 0 Å². The lowest BCUT2D eigenvalue weighted by Crippen LogP contribution is -2.43. The highest BCUT2D eigenvalue weighted by Gasteiger charge is 2.35. The van der Waals surface area contributed by atoms with Crippen LogP contribution in [0.1, 0.15) is 48.4 Å². The van der Waals surface area contributed by atoms with Crippen LogP contribution in [-0.2, 0) is 16.0 Å². The zero-order chi connectivity index (χ0) is 22.2. The van der Waals surface area contributed by atoms with Crippen molar-refractivity contribution in [2.75, 3.05) is 26.8 Å². The molecule has 2 amide bonds. The molecule has 3 atom stereocenters. The number of dihydropyridines is 1. The number of aliphatic imine (C=N–C) groups is 1. The molecule has 0 radical (unpaired) electrons. The molecule has 30 heavy (non-hydrogen) atoms. The van der Waals surface area contributed by atoms with Crippen molar-refractivity contribution in [1.82, 2.24) is 4.90 Å². The van der Waals surface area contributed by atoms with Gasteiger partial charge in [-0.1, -0.05) is 35.7 Å². The number of hydrogen-bond donors (Lipinski definition) is 1. The number of benzene rings is 1. The number of allylic oxidation sites excluding steroid dienone is 1. The Morgan fingerprint density at radius 2 is 2.03 bits per heavy atom. The third-order valence-electron chi connectivity index (χ3n) is 5.82. The number of amides is 2. The lowest BCUT2D eigenvalue weighted by molar-refractivity contribution is -0.120. The number of carbonyl (C=O) groups is 2. The van der Waals surface area contributed by atoms with Crippen LogP contribution in [-0.4, -0.2) is 54.3 Å². The Bertz CT molecular complexity index is 942. The molecular formula is C22H26Cl2N2O4. The van der Waals surface area contributed by atoms with Crippen LogP contribution in [0.3, 0.4) is 0 Å². The quantitative estimate of drug-likeness (QED) is 0.710. The summed E-state index contributed by atoms with van der Waals surface area (Å²) >= 11 is 13.2. The van der Waals surface area contributed by atoms with Crippen LogP contribution < -0.4 is 0 Å². The molecular weight excluding hydrogens is 427 g/mol. The van der Waals surface area contributed by atoms with Crippen molar-refractivity contribution in [1.29, 1.82) is 0 Å². The average molecular weight is 453 g/mol. The fraction of sp³-hybridized carbons (Fsp3) is 0.500. The average Bonchev–Trinajstić information content (AvgIpc) is 2.69. The number of aliphatic hydroxyl groups excluding tert-OH is 1. The second kappa shape index (κ2) is 9.18. The minimum absolute atomic E-state index is 0.0983. The zero-order valence-corrected chi connectivity index (χ0v) is 19.0. The van der Waals surface area contributed by atoms with E-state index in [1.54, 1.807) is 17.9 Å². The maximum absolute atomic E-state index is 13.4. The topological polar surface area (TPSA) is 79.2 Å². The Morgan fingerprint density at radius 1 is 1.33 bits per heavy atom. The molecule has 0 aromatic heterocycles. The molecule has 1 aromatic rings. The van der Waals surface area contributed by atoms with Gasteiger partial charge in [0, 0.05) is 49.0 Å². The van der Waals surface area contributed by atoms with Crippen LogP contribution in [0, 0.1) is 11.8 Å². The van der Waals surface area contributed by atoms with Crippen molar-refractivity contribution < 1.29 is 19.4 Å². The van der Waals surface area contributed by atoms with E-state index in [4.69, 9.17) is 27.9 Å². The number of ether oxygens (including phenoxy) is 1. The first-order valence-corrected chi connectivity index (χ1v) is 10.7. The van der Waals surface area contributed by atoms with E-state index >= 15 is 0 Å². The molecule has 0 saturated carbocycles. The number of rotatable bonds is 6. The summed E-state index contributed by atoms with van der Waals surface area (Å²) in [6.45, 7) is 6.08. The van der Waals surface area contributed by atoms with Gasteiger partial charge in [-0.2, -0.15) is 0 Å². The molecule has 6 nitrogen and oxygen atoms in total. The fourth-order valence-corrected chi connectivity index (χ4v) is 4.81. The summed E-state index contributed by atoms with van der Waals surface area (Å²) in [5, 5.41) is 10.3. The second-order valence-corrected chi connectivity index (χ2v) is 8.75. The molecule has 0 fully saturated rings. The third-order valence-corrected chi connectivity index (χ3v) is 6.56. The van der Waals surface area contributed by atoms with Crippen LogP contribution >= 0.6 is 23.2 Å². The van der Waals surface area contributed by atoms with Gasteiger partial charge in [0.25, 0.3) is 11.8 Å². The molecule has 2 aliphatic heterocycles. The second-order valence-electron chi connectivity index (χ2n) is 7.96. The van der Waals surface area contributed by atoms with E-state index in [2.05, 4.69) is 4.99 Å². The minimum atomic E-state index is -0.504. The van der Waals surface area contributed by atoms with Crippen LogP contribution in [0.25, 0.3) is 0 Å². The number of halogens is 2. The van der Waals surface area contributed by atoms with Crippen LogP contribution in [0.15, 0.2) is 22.7 Å². The standard InChI is InChI=1S/C22H26Cl2N2O4/c1-11-7-13(3)25-21(28)16(11)9-26-6-5-14-17(23)8-15(19(24)18(14)22(26)29)20(30-4)12(2)10-27/h7-8,12,16,20,27H,5-6,9-10H2,1-4H3/t12-,16?,20?/m1/s1. The monoisotopic (exact) mass is 452 g/mol. The molecule has 0 spiro atoms. The van der Waals surface area contributed by atoms with Crippen molar-refractivity contribution in [2.24, 2.45) is 16.8 Å². The maximum Gasteiger partial charge on any atom is 0.255 e. The number of aliphatic hydroxyl groups is 1. The Kier molecular flexibility index (Phi) is 7.02. The van der Waals surface area contributed by atoms with E-state index in [0.29, 0.717) is 40.4 Å². The summed E-state index contributed by atoms with van der Waals surface area (Å²) in [5.74, 6) is -1.19. The molecule has 8 heteroatoms. The number of nitrogens with zero attached hydrogens (tertiary/aromatic N) is 2. The van der Waals surface area contributed by atoms with Gasteiger partial charge in [-0.3, -0.25) is 9.59 Å². The Hall–Kier alpha value is -1.73. The first kappa shape index (κ1) is 22.9. The van der Waals surface area contributed by atoms with E-state index in [1.807, 2.05) is 19.9 Å². The summed E-state index contributed by atoms with van der Waals surface area (Å²) in [5.41, 5.74) is 3.19. The minimum Gasteiger partial charge on any atom is -0.396 e. The van der Waals surface area contributed by atoms with Gasteiger partial charge in [0.15, 0.2) is 0 Å². The van der Waals surface area contributed by atoms with E-state index in [1.165, 1.54) is 7.11 Å². The lowest BCUT2D eigenvalue weighted by Gasteiger charge is -2.34. The fourth-order valence-electron chi connectivity index (χ4n) is 4.15. The molecule has 0 aliphatic carbocycles. The van der Waals surface area contributed by atoms with Gasteiger partial charge in [-0.25, -0.2) is 4.99 Å². The summed E-state index contributed by atoms with van der Waals surface area (Å²) in [6.07, 6.45) is 1.91. The smallest absolute Gasteiger partial charge is 0.255 e. The Morgan fingerprint density at radius 3 is 2.63 bits per heavy atom. The highest BCUT2D eigenvalue weighted by molar-refractivity contribution is 6.37. The van der Waals surface area contributed by atoms with Crippen LogP contribution in [0.4, 0.5) is 0 Å². The lowest BCUT2D eigenvalue weighted by atomic mass is 9.89. The molecule has 0 saturated heterocycles. The van der Waals surface area contributed by atoms with Gasteiger partial charge in [-0.15, -0.1) is 0 Å². The van der Waals surface area contributed by atoms with Crippen molar-refractivity contribution in [2.45, 2.75) is 33.3 Å². The normalized spacial score (nSPS) is 21.2. The summed E-state index contributed by atoms with van der Waals surface area (Å²) in [7, 11) is 1.53. The molecule has 1 N–H and O–H groups in total. The molecule has 0 bridgehead atoms. The largest absolute Gasteiger partial charge is 0.396 e. The molecule has 162 valence electrons.